The van der Waals surface area contributed by atoms with E-state index in [-0.39, 0.29) is 6.61 Å². The molecule has 1 fully saturated rings. The molecular weight excluding hydrogens is 248 g/mol. The van der Waals surface area contributed by atoms with Crippen molar-refractivity contribution in [3.8, 4) is 0 Å². The third-order valence-corrected chi connectivity index (χ3v) is 3.38. The molecule has 1 aromatic heterocycles. The predicted molar refractivity (Wildman–Crippen MR) is 75.9 cm³/mol. The summed E-state index contributed by atoms with van der Waals surface area (Å²) in [7, 11) is 0. The standard InChI is InChI=1S/C12H18N4OS/c13-12(18)10-1-2-14-11(9-10)16-5-3-15(4-6-16)7-8-17/h1-2,9,17H,3-8H2,(H2,13,18). The maximum absolute atomic E-state index is 8.90. The zero-order valence-corrected chi connectivity index (χ0v) is 11.1. The van der Waals surface area contributed by atoms with Gasteiger partial charge in [-0.05, 0) is 12.1 Å². The van der Waals surface area contributed by atoms with E-state index in [0.29, 0.717) is 4.99 Å². The molecule has 2 heterocycles. The average molecular weight is 266 g/mol. The maximum Gasteiger partial charge on any atom is 0.129 e. The molecule has 0 bridgehead atoms. The van der Waals surface area contributed by atoms with Gasteiger partial charge in [-0.25, -0.2) is 4.98 Å². The maximum atomic E-state index is 8.90. The zero-order chi connectivity index (χ0) is 13.0. The van der Waals surface area contributed by atoms with Crippen LogP contribution in [0.4, 0.5) is 5.82 Å². The number of nitrogens with zero attached hydrogens (tertiary/aromatic N) is 3. The summed E-state index contributed by atoms with van der Waals surface area (Å²) >= 11 is 4.97. The van der Waals surface area contributed by atoms with Gasteiger partial charge in [0.2, 0.25) is 0 Å². The van der Waals surface area contributed by atoms with E-state index < -0.39 is 0 Å². The lowest BCUT2D eigenvalue weighted by Crippen LogP contribution is -2.47. The van der Waals surface area contributed by atoms with Gasteiger partial charge >= 0.3 is 0 Å². The van der Waals surface area contributed by atoms with Crippen LogP contribution in [0.2, 0.25) is 0 Å². The number of piperazine rings is 1. The second-order valence-electron chi connectivity index (χ2n) is 4.32. The third kappa shape index (κ3) is 3.16. The lowest BCUT2D eigenvalue weighted by atomic mass is 10.2. The van der Waals surface area contributed by atoms with Crippen molar-refractivity contribution >= 4 is 23.0 Å². The first-order chi connectivity index (χ1) is 8.70. The Morgan fingerprint density at radius 3 is 2.72 bits per heavy atom. The Balaban J connectivity index is 2.01. The fourth-order valence-electron chi connectivity index (χ4n) is 2.09. The lowest BCUT2D eigenvalue weighted by molar-refractivity contribution is 0.188. The predicted octanol–water partition coefficient (Wildman–Crippen LogP) is -0.170. The van der Waals surface area contributed by atoms with Crippen molar-refractivity contribution in [2.45, 2.75) is 0 Å². The molecule has 1 aromatic rings. The van der Waals surface area contributed by atoms with Gasteiger partial charge in [-0.2, -0.15) is 0 Å². The molecule has 0 saturated carbocycles. The Morgan fingerprint density at radius 2 is 2.11 bits per heavy atom. The van der Waals surface area contributed by atoms with Crippen molar-refractivity contribution in [3.05, 3.63) is 23.9 Å². The molecule has 1 aliphatic heterocycles. The van der Waals surface area contributed by atoms with E-state index in [1.165, 1.54) is 0 Å². The van der Waals surface area contributed by atoms with E-state index in [9.17, 15) is 0 Å². The number of thiocarbonyl (C=S) groups is 1. The summed E-state index contributed by atoms with van der Waals surface area (Å²) in [6.07, 6.45) is 1.74. The highest BCUT2D eigenvalue weighted by molar-refractivity contribution is 7.80. The van der Waals surface area contributed by atoms with Crippen LogP contribution in [-0.2, 0) is 0 Å². The molecule has 0 atom stereocenters. The van der Waals surface area contributed by atoms with Gasteiger partial charge in [0.05, 0.1) is 6.61 Å². The molecule has 0 amide bonds. The molecule has 98 valence electrons. The topological polar surface area (TPSA) is 65.6 Å². The number of rotatable bonds is 4. The summed E-state index contributed by atoms with van der Waals surface area (Å²) in [5, 5.41) is 8.90. The van der Waals surface area contributed by atoms with Gasteiger partial charge in [-0.15, -0.1) is 0 Å². The number of pyridine rings is 1. The van der Waals surface area contributed by atoms with Crippen molar-refractivity contribution in [2.75, 3.05) is 44.2 Å². The summed E-state index contributed by atoms with van der Waals surface area (Å²) in [5.74, 6) is 0.920. The van der Waals surface area contributed by atoms with Crippen LogP contribution in [-0.4, -0.2) is 59.3 Å². The fraction of sp³-hybridized carbons (Fsp3) is 0.500. The molecule has 1 saturated heterocycles. The van der Waals surface area contributed by atoms with Crippen LogP contribution in [0.3, 0.4) is 0 Å². The van der Waals surface area contributed by atoms with Gasteiger partial charge in [0.25, 0.3) is 0 Å². The molecule has 1 aliphatic rings. The number of anilines is 1. The van der Waals surface area contributed by atoms with Crippen LogP contribution in [0.1, 0.15) is 5.56 Å². The van der Waals surface area contributed by atoms with E-state index in [0.717, 1.165) is 44.1 Å². The Hall–Kier alpha value is -1.24. The molecule has 0 aliphatic carbocycles. The van der Waals surface area contributed by atoms with Gasteiger partial charge in [0, 0.05) is 44.5 Å². The molecule has 2 rings (SSSR count). The first-order valence-electron chi connectivity index (χ1n) is 6.04. The smallest absolute Gasteiger partial charge is 0.129 e. The normalized spacial score (nSPS) is 16.8. The molecule has 0 radical (unpaired) electrons. The Bertz CT molecular complexity index is 418. The van der Waals surface area contributed by atoms with Crippen LogP contribution in [0.15, 0.2) is 18.3 Å². The van der Waals surface area contributed by atoms with Crippen LogP contribution >= 0.6 is 12.2 Å². The SMILES string of the molecule is NC(=S)c1ccnc(N2CCN(CCO)CC2)c1. The molecule has 18 heavy (non-hydrogen) atoms. The Labute approximate surface area is 112 Å². The molecule has 0 spiro atoms. The molecule has 0 unspecified atom stereocenters. The second kappa shape index (κ2) is 6.08. The minimum absolute atomic E-state index is 0.217. The first kappa shape index (κ1) is 13.2. The summed E-state index contributed by atoms with van der Waals surface area (Å²) in [6.45, 7) is 4.67. The largest absolute Gasteiger partial charge is 0.395 e. The average Bonchev–Trinajstić information content (AvgIpc) is 2.40. The quantitative estimate of drug-likeness (QED) is 0.738. The number of aliphatic hydroxyl groups is 1. The second-order valence-corrected chi connectivity index (χ2v) is 4.76. The van der Waals surface area contributed by atoms with Crippen molar-refractivity contribution in [1.82, 2.24) is 9.88 Å². The molecule has 3 N–H and O–H groups in total. The minimum atomic E-state index is 0.217. The van der Waals surface area contributed by atoms with Gasteiger partial charge in [0.1, 0.15) is 10.8 Å². The lowest BCUT2D eigenvalue weighted by Gasteiger charge is -2.35. The van der Waals surface area contributed by atoms with Crippen molar-refractivity contribution in [3.63, 3.8) is 0 Å². The van der Waals surface area contributed by atoms with E-state index in [2.05, 4.69) is 14.8 Å². The fourth-order valence-corrected chi connectivity index (χ4v) is 2.21. The van der Waals surface area contributed by atoms with Gasteiger partial charge in [-0.1, -0.05) is 12.2 Å². The summed E-state index contributed by atoms with van der Waals surface area (Å²) < 4.78 is 0. The third-order valence-electron chi connectivity index (χ3n) is 3.14. The van der Waals surface area contributed by atoms with Crippen molar-refractivity contribution in [2.24, 2.45) is 5.73 Å². The molecule has 0 aromatic carbocycles. The van der Waals surface area contributed by atoms with Crippen LogP contribution in [0.25, 0.3) is 0 Å². The minimum Gasteiger partial charge on any atom is -0.395 e. The van der Waals surface area contributed by atoms with Crippen molar-refractivity contribution < 1.29 is 5.11 Å². The van der Waals surface area contributed by atoms with Crippen LogP contribution in [0, 0.1) is 0 Å². The number of β-amino-alcohol motifs (C(OH)–C–C–N with tert-alkyl or cyclic N) is 1. The number of hydrogen-bond acceptors (Lipinski definition) is 5. The highest BCUT2D eigenvalue weighted by Gasteiger charge is 2.17. The van der Waals surface area contributed by atoms with Crippen LogP contribution in [0.5, 0.6) is 0 Å². The van der Waals surface area contributed by atoms with Crippen LogP contribution < -0.4 is 10.6 Å². The van der Waals surface area contributed by atoms with Gasteiger partial charge in [0.15, 0.2) is 0 Å². The number of nitrogens with two attached hydrogens (primary N) is 1. The molecule has 5 nitrogen and oxygen atoms in total. The number of hydrogen-bond donors (Lipinski definition) is 2. The van der Waals surface area contributed by atoms with E-state index in [1.807, 2.05) is 12.1 Å². The highest BCUT2D eigenvalue weighted by atomic mass is 32.1. The number of aliphatic hydroxyl groups excluding tert-OH is 1. The van der Waals surface area contributed by atoms with Crippen molar-refractivity contribution in [1.29, 1.82) is 0 Å². The molecule has 6 heteroatoms. The Kier molecular flexibility index (Phi) is 4.46. The Morgan fingerprint density at radius 1 is 1.39 bits per heavy atom. The zero-order valence-electron chi connectivity index (χ0n) is 10.2. The van der Waals surface area contributed by atoms with E-state index in [1.54, 1.807) is 6.20 Å². The summed E-state index contributed by atoms with van der Waals surface area (Å²) in [5.41, 5.74) is 6.48. The highest BCUT2D eigenvalue weighted by Crippen LogP contribution is 2.15. The van der Waals surface area contributed by atoms with E-state index >= 15 is 0 Å². The summed E-state index contributed by atoms with van der Waals surface area (Å²) in [4.78, 5) is 9.22. The first-order valence-corrected chi connectivity index (χ1v) is 6.45. The van der Waals surface area contributed by atoms with Gasteiger partial charge < -0.3 is 15.7 Å². The monoisotopic (exact) mass is 266 g/mol. The van der Waals surface area contributed by atoms with E-state index in [4.69, 9.17) is 23.1 Å². The van der Waals surface area contributed by atoms with Gasteiger partial charge in [-0.3, -0.25) is 4.90 Å². The number of aromatic nitrogens is 1. The molecular formula is C12H18N4OS. The summed E-state index contributed by atoms with van der Waals surface area (Å²) in [6, 6.07) is 3.76.